The molecule has 0 saturated heterocycles. The Balaban J connectivity index is 2.05. The standard InChI is InChI=1S/C14H12ClN3O2/c15-11-6-9(7-16)3-4-10(11)8-18-13-12(20-14(18)19)2-1-5-17-13/h1-6H,7-8,16H2. The molecule has 0 bridgehead atoms. The van der Waals surface area contributed by atoms with Crippen molar-refractivity contribution < 1.29 is 4.42 Å². The van der Waals surface area contributed by atoms with Gasteiger partial charge in [0, 0.05) is 17.8 Å². The van der Waals surface area contributed by atoms with Gasteiger partial charge in [0.05, 0.1) is 6.54 Å². The molecule has 20 heavy (non-hydrogen) atoms. The highest BCUT2D eigenvalue weighted by Crippen LogP contribution is 2.20. The first-order valence-electron chi connectivity index (χ1n) is 6.11. The predicted octanol–water partition coefficient (Wildman–Crippen LogP) is 2.15. The first-order valence-corrected chi connectivity index (χ1v) is 6.48. The monoisotopic (exact) mass is 289 g/mol. The molecule has 0 atom stereocenters. The van der Waals surface area contributed by atoms with Crippen LogP contribution in [0.3, 0.4) is 0 Å². The molecule has 6 heteroatoms. The first-order chi connectivity index (χ1) is 9.69. The van der Waals surface area contributed by atoms with Crippen molar-refractivity contribution in [3.63, 3.8) is 0 Å². The minimum absolute atomic E-state index is 0.312. The molecule has 3 aromatic rings. The van der Waals surface area contributed by atoms with Gasteiger partial charge in [-0.25, -0.2) is 9.78 Å². The van der Waals surface area contributed by atoms with Gasteiger partial charge in [-0.05, 0) is 29.3 Å². The zero-order chi connectivity index (χ0) is 14.1. The van der Waals surface area contributed by atoms with Crippen LogP contribution < -0.4 is 11.5 Å². The Hall–Kier alpha value is -2.11. The van der Waals surface area contributed by atoms with E-state index in [1.54, 1.807) is 24.4 Å². The van der Waals surface area contributed by atoms with Crippen LogP contribution in [0.5, 0.6) is 0 Å². The zero-order valence-corrected chi connectivity index (χ0v) is 11.3. The van der Waals surface area contributed by atoms with Crippen molar-refractivity contribution in [2.75, 3.05) is 0 Å². The molecule has 0 aliphatic heterocycles. The summed E-state index contributed by atoms with van der Waals surface area (Å²) in [5, 5.41) is 0.574. The maximum Gasteiger partial charge on any atom is 0.421 e. The molecule has 0 spiro atoms. The number of oxazole rings is 1. The van der Waals surface area contributed by atoms with Crippen molar-refractivity contribution in [2.24, 2.45) is 5.73 Å². The van der Waals surface area contributed by atoms with E-state index in [1.165, 1.54) is 4.57 Å². The smallest absolute Gasteiger partial charge is 0.406 e. The number of hydrogen-bond donors (Lipinski definition) is 1. The van der Waals surface area contributed by atoms with Gasteiger partial charge in [-0.2, -0.15) is 0 Å². The molecule has 102 valence electrons. The van der Waals surface area contributed by atoms with E-state index in [2.05, 4.69) is 4.98 Å². The Morgan fingerprint density at radius 2 is 2.20 bits per heavy atom. The predicted molar refractivity (Wildman–Crippen MR) is 76.7 cm³/mol. The van der Waals surface area contributed by atoms with Crippen LogP contribution in [-0.2, 0) is 13.1 Å². The van der Waals surface area contributed by atoms with Crippen molar-refractivity contribution >= 4 is 22.8 Å². The summed E-state index contributed by atoms with van der Waals surface area (Å²) in [6, 6.07) is 8.98. The van der Waals surface area contributed by atoms with Crippen molar-refractivity contribution in [1.29, 1.82) is 0 Å². The minimum Gasteiger partial charge on any atom is -0.406 e. The Labute approximate surface area is 119 Å². The number of rotatable bonds is 3. The number of pyridine rings is 1. The van der Waals surface area contributed by atoms with Gasteiger partial charge in [0.2, 0.25) is 0 Å². The van der Waals surface area contributed by atoms with Crippen LogP contribution in [0.15, 0.2) is 45.7 Å². The topological polar surface area (TPSA) is 74.0 Å². The summed E-state index contributed by atoms with van der Waals surface area (Å²) in [6.45, 7) is 0.739. The molecular weight excluding hydrogens is 278 g/mol. The van der Waals surface area contributed by atoms with Crippen LogP contribution in [0, 0.1) is 0 Å². The molecular formula is C14H12ClN3O2. The van der Waals surface area contributed by atoms with Gasteiger partial charge in [-0.3, -0.25) is 4.57 Å². The summed E-state index contributed by atoms with van der Waals surface area (Å²) < 4.78 is 6.59. The molecule has 2 N–H and O–H groups in total. The fourth-order valence-corrected chi connectivity index (χ4v) is 2.32. The normalized spacial score (nSPS) is 11.1. The molecule has 0 radical (unpaired) electrons. The second-order valence-corrected chi connectivity index (χ2v) is 4.82. The number of aromatic nitrogens is 2. The van der Waals surface area contributed by atoms with Crippen molar-refractivity contribution in [1.82, 2.24) is 9.55 Å². The number of hydrogen-bond acceptors (Lipinski definition) is 4. The molecule has 0 saturated carbocycles. The first kappa shape index (κ1) is 12.9. The summed E-state index contributed by atoms with van der Waals surface area (Å²) in [7, 11) is 0. The van der Waals surface area contributed by atoms with Crippen molar-refractivity contribution in [2.45, 2.75) is 13.1 Å². The van der Waals surface area contributed by atoms with E-state index in [0.717, 1.165) is 11.1 Å². The van der Waals surface area contributed by atoms with Gasteiger partial charge in [-0.15, -0.1) is 0 Å². The fourth-order valence-electron chi connectivity index (χ4n) is 2.06. The van der Waals surface area contributed by atoms with Crippen LogP contribution >= 0.6 is 11.6 Å². The van der Waals surface area contributed by atoms with E-state index in [0.29, 0.717) is 29.3 Å². The SMILES string of the molecule is NCc1ccc(Cn2c(=O)oc3cccnc32)c(Cl)c1. The summed E-state index contributed by atoms with van der Waals surface area (Å²) in [5.41, 5.74) is 8.30. The average molecular weight is 290 g/mol. The van der Waals surface area contributed by atoms with Gasteiger partial charge in [0.25, 0.3) is 0 Å². The Morgan fingerprint density at radius 1 is 1.35 bits per heavy atom. The zero-order valence-electron chi connectivity index (χ0n) is 10.5. The van der Waals surface area contributed by atoms with E-state index in [4.69, 9.17) is 21.8 Å². The summed E-state index contributed by atoms with van der Waals surface area (Å²) in [4.78, 5) is 16.0. The number of nitrogens with zero attached hydrogens (tertiary/aromatic N) is 2. The van der Waals surface area contributed by atoms with Gasteiger partial charge in [0.1, 0.15) is 0 Å². The lowest BCUT2D eigenvalue weighted by atomic mass is 10.1. The van der Waals surface area contributed by atoms with Crippen LogP contribution in [0.4, 0.5) is 0 Å². The highest BCUT2D eigenvalue weighted by atomic mass is 35.5. The van der Waals surface area contributed by atoms with Gasteiger partial charge < -0.3 is 10.2 Å². The third kappa shape index (κ3) is 2.21. The van der Waals surface area contributed by atoms with Crippen LogP contribution in [0.1, 0.15) is 11.1 Å². The van der Waals surface area contributed by atoms with Gasteiger partial charge in [0.15, 0.2) is 11.2 Å². The maximum atomic E-state index is 11.9. The van der Waals surface area contributed by atoms with Gasteiger partial charge in [-0.1, -0.05) is 23.7 Å². The molecule has 0 aliphatic carbocycles. The number of halogens is 1. The van der Waals surface area contributed by atoms with E-state index >= 15 is 0 Å². The molecule has 2 aromatic heterocycles. The van der Waals surface area contributed by atoms with Crippen molar-refractivity contribution in [3.05, 3.63) is 63.2 Å². The largest absolute Gasteiger partial charge is 0.421 e. The molecule has 0 fully saturated rings. The highest BCUT2D eigenvalue weighted by Gasteiger charge is 2.12. The molecule has 1 aromatic carbocycles. The van der Waals surface area contributed by atoms with Crippen LogP contribution in [-0.4, -0.2) is 9.55 Å². The Morgan fingerprint density at radius 3 is 2.95 bits per heavy atom. The number of nitrogens with two attached hydrogens (primary N) is 1. The minimum atomic E-state index is -0.447. The van der Waals surface area contributed by atoms with Gasteiger partial charge >= 0.3 is 5.76 Å². The maximum absolute atomic E-state index is 11.9. The number of fused-ring (bicyclic) bond motifs is 1. The molecule has 5 nitrogen and oxygen atoms in total. The third-order valence-corrected chi connectivity index (χ3v) is 3.46. The average Bonchev–Trinajstić information content (AvgIpc) is 2.77. The van der Waals surface area contributed by atoms with Crippen LogP contribution in [0.25, 0.3) is 11.2 Å². The Bertz CT molecular complexity index is 823. The van der Waals surface area contributed by atoms with E-state index in [9.17, 15) is 4.79 Å². The summed E-state index contributed by atoms with van der Waals surface area (Å²) in [6.07, 6.45) is 1.62. The van der Waals surface area contributed by atoms with E-state index < -0.39 is 5.76 Å². The van der Waals surface area contributed by atoms with Crippen LogP contribution in [0.2, 0.25) is 5.02 Å². The van der Waals surface area contributed by atoms with E-state index in [-0.39, 0.29) is 0 Å². The molecule has 3 rings (SSSR count). The summed E-state index contributed by atoms with van der Waals surface area (Å²) >= 11 is 6.21. The molecule has 2 heterocycles. The number of benzene rings is 1. The highest BCUT2D eigenvalue weighted by molar-refractivity contribution is 6.31. The van der Waals surface area contributed by atoms with E-state index in [1.807, 2.05) is 12.1 Å². The second-order valence-electron chi connectivity index (χ2n) is 4.41. The molecule has 0 amide bonds. The Kier molecular flexibility index (Phi) is 3.30. The fraction of sp³-hybridized carbons (Fsp3) is 0.143. The molecule has 0 aliphatic rings. The lowest BCUT2D eigenvalue weighted by Crippen LogP contribution is -2.15. The molecule has 0 unspecified atom stereocenters. The summed E-state index contributed by atoms with van der Waals surface area (Å²) in [5.74, 6) is -0.447. The lowest BCUT2D eigenvalue weighted by molar-refractivity contribution is 0.517. The quantitative estimate of drug-likeness (QED) is 0.802. The van der Waals surface area contributed by atoms with Crippen molar-refractivity contribution in [3.8, 4) is 0 Å². The lowest BCUT2D eigenvalue weighted by Gasteiger charge is -2.06. The third-order valence-electron chi connectivity index (χ3n) is 3.11. The second kappa shape index (κ2) is 5.11.